The lowest BCUT2D eigenvalue weighted by Crippen LogP contribution is -2.36. The highest BCUT2D eigenvalue weighted by Gasteiger charge is 2.29. The SMILES string of the molecule is Cc1ccc([C@@H]2CC(c3c(O)n(C4CCCCC4)c(=O)[nH]c3=O)=NN2)s1. The second-order valence-electron chi connectivity index (χ2n) is 7.01. The summed E-state index contributed by atoms with van der Waals surface area (Å²) >= 11 is 1.68. The van der Waals surface area contributed by atoms with Crippen molar-refractivity contribution in [1.29, 1.82) is 0 Å². The maximum absolute atomic E-state index is 12.4. The molecule has 0 aromatic carbocycles. The molecule has 3 N–H and O–H groups in total. The Morgan fingerprint density at radius 2 is 2.00 bits per heavy atom. The number of hydrazone groups is 1. The van der Waals surface area contributed by atoms with Gasteiger partial charge in [-0.2, -0.15) is 5.10 Å². The van der Waals surface area contributed by atoms with E-state index in [-0.39, 0.29) is 23.5 Å². The molecule has 8 heteroatoms. The van der Waals surface area contributed by atoms with Gasteiger partial charge in [0.15, 0.2) is 0 Å². The van der Waals surface area contributed by atoms with Gasteiger partial charge in [-0.15, -0.1) is 11.3 Å². The van der Waals surface area contributed by atoms with Crippen LogP contribution in [0.2, 0.25) is 0 Å². The Balaban J connectivity index is 1.68. The van der Waals surface area contributed by atoms with Crippen LogP contribution in [0, 0.1) is 6.92 Å². The third kappa shape index (κ3) is 2.98. The van der Waals surface area contributed by atoms with E-state index >= 15 is 0 Å². The van der Waals surface area contributed by atoms with Crippen LogP contribution in [0.3, 0.4) is 0 Å². The van der Waals surface area contributed by atoms with Gasteiger partial charge in [-0.3, -0.25) is 14.3 Å². The van der Waals surface area contributed by atoms with E-state index in [0.717, 1.165) is 37.0 Å². The van der Waals surface area contributed by atoms with Gasteiger partial charge in [-0.1, -0.05) is 19.3 Å². The van der Waals surface area contributed by atoms with Crippen molar-refractivity contribution >= 4 is 17.0 Å². The Hall–Kier alpha value is -2.35. The van der Waals surface area contributed by atoms with Crippen LogP contribution >= 0.6 is 11.3 Å². The number of nitrogens with one attached hydrogen (secondary N) is 2. The highest BCUT2D eigenvalue weighted by atomic mass is 32.1. The van der Waals surface area contributed by atoms with Crippen LogP contribution in [0.5, 0.6) is 5.88 Å². The van der Waals surface area contributed by atoms with Crippen LogP contribution in [0.25, 0.3) is 0 Å². The van der Waals surface area contributed by atoms with Crippen LogP contribution in [0.4, 0.5) is 0 Å². The first kappa shape index (κ1) is 17.1. The van der Waals surface area contributed by atoms with Crippen molar-refractivity contribution in [2.75, 3.05) is 0 Å². The number of hydrogen-bond acceptors (Lipinski definition) is 6. The Kier molecular flexibility index (Phi) is 4.44. The molecule has 0 amide bonds. The molecule has 1 atom stereocenters. The molecule has 2 aliphatic rings. The van der Waals surface area contributed by atoms with Gasteiger partial charge in [0.1, 0.15) is 5.56 Å². The van der Waals surface area contributed by atoms with E-state index in [2.05, 4.69) is 15.5 Å². The molecule has 1 fully saturated rings. The molecule has 1 aliphatic heterocycles. The summed E-state index contributed by atoms with van der Waals surface area (Å²) in [6.07, 6.45) is 5.35. The molecular formula is C18H22N4O3S. The fraction of sp³-hybridized carbons (Fsp3) is 0.500. The minimum absolute atomic E-state index is 0.0161. The van der Waals surface area contributed by atoms with Crippen LogP contribution < -0.4 is 16.7 Å². The molecule has 2 aromatic rings. The van der Waals surface area contributed by atoms with Gasteiger partial charge in [0.2, 0.25) is 5.88 Å². The summed E-state index contributed by atoms with van der Waals surface area (Å²) in [5, 5.41) is 15.0. The first-order chi connectivity index (χ1) is 12.5. The fourth-order valence-electron chi connectivity index (χ4n) is 3.88. The Morgan fingerprint density at radius 1 is 1.23 bits per heavy atom. The molecule has 0 bridgehead atoms. The van der Waals surface area contributed by atoms with E-state index in [4.69, 9.17) is 0 Å². The molecule has 1 saturated carbocycles. The van der Waals surface area contributed by atoms with Gasteiger partial charge < -0.3 is 10.5 Å². The van der Waals surface area contributed by atoms with Crippen molar-refractivity contribution in [2.45, 2.75) is 57.5 Å². The fourth-order valence-corrected chi connectivity index (χ4v) is 4.80. The minimum Gasteiger partial charge on any atom is -0.494 e. The molecule has 138 valence electrons. The monoisotopic (exact) mass is 374 g/mol. The number of hydrogen-bond donors (Lipinski definition) is 3. The second kappa shape index (κ2) is 6.75. The number of aromatic amines is 1. The summed E-state index contributed by atoms with van der Waals surface area (Å²) in [7, 11) is 0. The first-order valence-electron chi connectivity index (χ1n) is 9.01. The molecule has 0 saturated heterocycles. The van der Waals surface area contributed by atoms with Gasteiger partial charge in [0, 0.05) is 22.2 Å². The van der Waals surface area contributed by atoms with Gasteiger partial charge in [-0.25, -0.2) is 4.79 Å². The lowest BCUT2D eigenvalue weighted by atomic mass is 9.95. The number of H-pyrrole nitrogens is 1. The zero-order valence-electron chi connectivity index (χ0n) is 14.6. The Bertz CT molecular complexity index is 966. The first-order valence-corrected chi connectivity index (χ1v) is 9.83. The van der Waals surface area contributed by atoms with Gasteiger partial charge >= 0.3 is 5.69 Å². The average molecular weight is 374 g/mol. The molecule has 0 unspecified atom stereocenters. The highest BCUT2D eigenvalue weighted by molar-refractivity contribution is 7.12. The van der Waals surface area contributed by atoms with Crippen molar-refractivity contribution in [3.63, 3.8) is 0 Å². The van der Waals surface area contributed by atoms with E-state index in [1.54, 1.807) is 11.3 Å². The lowest BCUT2D eigenvalue weighted by molar-refractivity contribution is 0.298. The molecule has 26 heavy (non-hydrogen) atoms. The van der Waals surface area contributed by atoms with E-state index in [0.29, 0.717) is 12.1 Å². The predicted molar refractivity (Wildman–Crippen MR) is 101 cm³/mol. The van der Waals surface area contributed by atoms with Gasteiger partial charge in [0.05, 0.1) is 11.8 Å². The normalized spacial score (nSPS) is 20.8. The largest absolute Gasteiger partial charge is 0.494 e. The molecule has 2 aromatic heterocycles. The molecule has 4 rings (SSSR count). The molecular weight excluding hydrogens is 352 g/mol. The van der Waals surface area contributed by atoms with Crippen molar-refractivity contribution in [1.82, 2.24) is 15.0 Å². The second-order valence-corrected chi connectivity index (χ2v) is 8.33. The van der Waals surface area contributed by atoms with E-state index in [1.165, 1.54) is 9.44 Å². The van der Waals surface area contributed by atoms with E-state index < -0.39 is 11.2 Å². The molecule has 0 radical (unpaired) electrons. The van der Waals surface area contributed by atoms with Gasteiger partial charge in [0.25, 0.3) is 5.56 Å². The molecule has 0 spiro atoms. The standard InChI is InChI=1S/C18H22N4O3S/c1-10-7-8-14(26-10)12-9-13(21-20-12)15-16(23)19-18(25)22(17(15)24)11-5-3-2-4-6-11/h7-8,11-12,20,24H,2-6,9H2,1H3,(H,19,23,25)/t12-/m0/s1. The Labute approximate surface area is 154 Å². The Morgan fingerprint density at radius 3 is 2.69 bits per heavy atom. The highest BCUT2D eigenvalue weighted by Crippen LogP contribution is 2.33. The van der Waals surface area contributed by atoms with Crippen molar-refractivity contribution in [3.05, 3.63) is 48.3 Å². The number of aryl methyl sites for hydroxylation is 1. The summed E-state index contributed by atoms with van der Waals surface area (Å²) in [4.78, 5) is 29.4. The van der Waals surface area contributed by atoms with Crippen LogP contribution in [-0.2, 0) is 0 Å². The van der Waals surface area contributed by atoms with Crippen molar-refractivity contribution in [3.8, 4) is 5.88 Å². The van der Waals surface area contributed by atoms with Crippen molar-refractivity contribution in [2.24, 2.45) is 5.10 Å². The molecule has 3 heterocycles. The summed E-state index contributed by atoms with van der Waals surface area (Å²) in [6.45, 7) is 2.04. The smallest absolute Gasteiger partial charge is 0.331 e. The van der Waals surface area contributed by atoms with Crippen LogP contribution in [0.15, 0.2) is 26.8 Å². The summed E-state index contributed by atoms with van der Waals surface area (Å²) in [6, 6.07) is 4.01. The predicted octanol–water partition coefficient (Wildman–Crippen LogP) is 2.56. The van der Waals surface area contributed by atoms with Crippen LogP contribution in [-0.4, -0.2) is 20.4 Å². The summed E-state index contributed by atoms with van der Waals surface area (Å²) < 4.78 is 1.35. The quantitative estimate of drug-likeness (QED) is 0.769. The summed E-state index contributed by atoms with van der Waals surface area (Å²) in [5.41, 5.74) is 2.53. The maximum Gasteiger partial charge on any atom is 0.331 e. The topological polar surface area (TPSA) is 99.5 Å². The molecule has 7 nitrogen and oxygen atoms in total. The van der Waals surface area contributed by atoms with E-state index in [9.17, 15) is 14.7 Å². The average Bonchev–Trinajstić information content (AvgIpc) is 3.24. The van der Waals surface area contributed by atoms with Gasteiger partial charge in [-0.05, 0) is 31.9 Å². The number of nitrogens with zero attached hydrogens (tertiary/aromatic N) is 2. The number of thiophene rings is 1. The number of aromatic nitrogens is 2. The van der Waals surface area contributed by atoms with Crippen molar-refractivity contribution < 1.29 is 5.11 Å². The number of aromatic hydroxyl groups is 1. The third-order valence-electron chi connectivity index (χ3n) is 5.20. The maximum atomic E-state index is 12.4. The van der Waals surface area contributed by atoms with E-state index in [1.807, 2.05) is 19.1 Å². The number of rotatable bonds is 3. The summed E-state index contributed by atoms with van der Waals surface area (Å²) in [5.74, 6) is -0.255. The minimum atomic E-state index is -0.580. The lowest BCUT2D eigenvalue weighted by Gasteiger charge is -2.25. The third-order valence-corrected chi connectivity index (χ3v) is 6.32. The van der Waals surface area contributed by atoms with Crippen LogP contribution in [0.1, 0.15) is 65.9 Å². The zero-order valence-corrected chi connectivity index (χ0v) is 15.4. The molecule has 1 aliphatic carbocycles. The zero-order chi connectivity index (χ0) is 18.3.